The highest BCUT2D eigenvalue weighted by Gasteiger charge is 2.21. The number of rotatable bonds is 9. The summed E-state index contributed by atoms with van der Waals surface area (Å²) in [6.07, 6.45) is -0.255. The summed E-state index contributed by atoms with van der Waals surface area (Å²) in [5.41, 5.74) is 5.57. The topological polar surface area (TPSA) is 138 Å². The Hall–Kier alpha value is -3.36. The first-order valence-electron chi connectivity index (χ1n) is 8.69. The molecule has 0 aliphatic heterocycles. The van der Waals surface area contributed by atoms with Crippen molar-refractivity contribution in [1.82, 2.24) is 5.32 Å². The Kier molecular flexibility index (Phi) is 7.14. The van der Waals surface area contributed by atoms with E-state index in [0.29, 0.717) is 22.3 Å². The van der Waals surface area contributed by atoms with Crippen LogP contribution in [0.25, 0.3) is 11.0 Å². The summed E-state index contributed by atoms with van der Waals surface area (Å²) >= 11 is 0. The van der Waals surface area contributed by atoms with Crippen molar-refractivity contribution in [2.75, 3.05) is 13.7 Å². The molecule has 2 rings (SSSR count). The van der Waals surface area contributed by atoms with E-state index in [1.807, 2.05) is 0 Å². The molecule has 0 bridgehead atoms. The smallest absolute Gasteiger partial charge is 0.336 e. The average molecular weight is 390 g/mol. The summed E-state index contributed by atoms with van der Waals surface area (Å²) in [5.74, 6) is -1.29. The fraction of sp³-hybridized carbons (Fsp3) is 0.368. The van der Waals surface area contributed by atoms with Gasteiger partial charge in [-0.05, 0) is 24.6 Å². The van der Waals surface area contributed by atoms with E-state index < -0.39 is 29.5 Å². The molecule has 1 aromatic heterocycles. The summed E-state index contributed by atoms with van der Waals surface area (Å²) in [6.45, 7) is 1.89. The molecule has 3 N–H and O–H groups in total. The number of primary amides is 1. The van der Waals surface area contributed by atoms with Gasteiger partial charge in [0.1, 0.15) is 17.4 Å². The van der Waals surface area contributed by atoms with Crippen LogP contribution < -0.4 is 21.4 Å². The molecule has 0 unspecified atom stereocenters. The zero-order valence-corrected chi connectivity index (χ0v) is 15.7. The van der Waals surface area contributed by atoms with E-state index in [1.165, 1.54) is 13.2 Å². The van der Waals surface area contributed by atoms with Crippen LogP contribution in [0.3, 0.4) is 0 Å². The first-order chi connectivity index (χ1) is 13.3. The predicted octanol–water partition coefficient (Wildman–Crippen LogP) is 0.657. The van der Waals surface area contributed by atoms with E-state index in [9.17, 15) is 19.2 Å². The van der Waals surface area contributed by atoms with Crippen molar-refractivity contribution in [1.29, 1.82) is 0 Å². The van der Waals surface area contributed by atoms with E-state index in [-0.39, 0.29) is 25.9 Å². The minimum atomic E-state index is -1.05. The van der Waals surface area contributed by atoms with Gasteiger partial charge < -0.3 is 24.9 Å². The Balaban J connectivity index is 2.18. The van der Waals surface area contributed by atoms with Crippen molar-refractivity contribution in [2.45, 2.75) is 32.2 Å². The number of methoxy groups -OCH3 is 1. The zero-order chi connectivity index (χ0) is 20.7. The van der Waals surface area contributed by atoms with Crippen molar-refractivity contribution in [3.63, 3.8) is 0 Å². The Morgan fingerprint density at radius 3 is 2.61 bits per heavy atom. The lowest BCUT2D eigenvalue weighted by atomic mass is 10.0. The Morgan fingerprint density at radius 2 is 1.96 bits per heavy atom. The number of amides is 2. The van der Waals surface area contributed by atoms with E-state index >= 15 is 0 Å². The molecular weight excluding hydrogens is 368 g/mol. The molecule has 9 nitrogen and oxygen atoms in total. The van der Waals surface area contributed by atoms with Gasteiger partial charge in [0.25, 0.3) is 0 Å². The SMILES string of the molecule is CCOC(=O)CCC(=O)N[C@H](Cc1cc(=O)oc2cc(OC)ccc12)C(N)=O. The van der Waals surface area contributed by atoms with Gasteiger partial charge >= 0.3 is 11.6 Å². The monoisotopic (exact) mass is 390 g/mol. The fourth-order valence-electron chi connectivity index (χ4n) is 2.66. The molecule has 28 heavy (non-hydrogen) atoms. The van der Waals surface area contributed by atoms with Crippen LogP contribution in [-0.4, -0.2) is 37.5 Å². The molecule has 9 heteroatoms. The lowest BCUT2D eigenvalue weighted by Crippen LogP contribution is -2.46. The van der Waals surface area contributed by atoms with E-state index in [0.717, 1.165) is 0 Å². The summed E-state index contributed by atoms with van der Waals surface area (Å²) in [5, 5.41) is 3.08. The Morgan fingerprint density at radius 1 is 1.21 bits per heavy atom. The maximum atomic E-state index is 12.0. The van der Waals surface area contributed by atoms with Gasteiger partial charge in [-0.15, -0.1) is 0 Å². The highest BCUT2D eigenvalue weighted by Crippen LogP contribution is 2.23. The number of carbonyl (C=O) groups excluding carboxylic acids is 3. The minimum Gasteiger partial charge on any atom is -0.497 e. The minimum absolute atomic E-state index is 0.00505. The molecule has 0 spiro atoms. The van der Waals surface area contributed by atoms with Gasteiger partial charge in [0, 0.05) is 30.4 Å². The summed E-state index contributed by atoms with van der Waals surface area (Å²) < 4.78 is 15.0. The van der Waals surface area contributed by atoms with E-state index in [4.69, 9.17) is 19.6 Å². The number of esters is 1. The van der Waals surface area contributed by atoms with Gasteiger partial charge in [-0.25, -0.2) is 4.79 Å². The van der Waals surface area contributed by atoms with Crippen molar-refractivity contribution < 1.29 is 28.3 Å². The fourth-order valence-corrected chi connectivity index (χ4v) is 2.66. The normalized spacial score (nSPS) is 11.6. The second-order valence-electron chi connectivity index (χ2n) is 5.98. The molecule has 0 saturated heterocycles. The van der Waals surface area contributed by atoms with Gasteiger partial charge in [-0.1, -0.05) is 0 Å². The van der Waals surface area contributed by atoms with E-state index in [2.05, 4.69) is 5.32 Å². The van der Waals surface area contributed by atoms with Crippen LogP contribution >= 0.6 is 0 Å². The quantitative estimate of drug-likeness (QED) is 0.474. The van der Waals surface area contributed by atoms with Crippen LogP contribution in [0.2, 0.25) is 0 Å². The first-order valence-corrected chi connectivity index (χ1v) is 8.69. The third-order valence-electron chi connectivity index (χ3n) is 4.00. The number of fused-ring (bicyclic) bond motifs is 1. The maximum Gasteiger partial charge on any atom is 0.336 e. The van der Waals surface area contributed by atoms with Gasteiger partial charge in [0.15, 0.2) is 0 Å². The molecule has 0 fully saturated rings. The number of ether oxygens (including phenoxy) is 2. The highest BCUT2D eigenvalue weighted by molar-refractivity contribution is 5.89. The number of carbonyl (C=O) groups is 3. The highest BCUT2D eigenvalue weighted by atomic mass is 16.5. The van der Waals surface area contributed by atoms with Crippen LogP contribution in [0.15, 0.2) is 33.5 Å². The molecule has 1 atom stereocenters. The predicted molar refractivity (Wildman–Crippen MR) is 99.7 cm³/mol. The largest absolute Gasteiger partial charge is 0.497 e. The van der Waals surface area contributed by atoms with Crippen molar-refractivity contribution >= 4 is 28.8 Å². The molecule has 1 aromatic carbocycles. The summed E-state index contributed by atoms with van der Waals surface area (Å²) in [4.78, 5) is 47.0. The third-order valence-corrected chi connectivity index (χ3v) is 4.00. The second kappa shape index (κ2) is 9.54. The third kappa shape index (κ3) is 5.57. The molecule has 1 heterocycles. The molecule has 150 valence electrons. The van der Waals surface area contributed by atoms with Gasteiger partial charge in [0.05, 0.1) is 20.1 Å². The summed E-state index contributed by atoms with van der Waals surface area (Å²) in [7, 11) is 1.48. The number of hydrogen-bond acceptors (Lipinski definition) is 7. The second-order valence-corrected chi connectivity index (χ2v) is 5.98. The van der Waals surface area contributed by atoms with Crippen molar-refractivity contribution in [3.8, 4) is 5.75 Å². The lowest BCUT2D eigenvalue weighted by molar-refractivity contribution is -0.144. The molecule has 0 aliphatic carbocycles. The van der Waals surface area contributed by atoms with Crippen LogP contribution in [-0.2, 0) is 25.5 Å². The number of hydrogen-bond donors (Lipinski definition) is 2. The van der Waals surface area contributed by atoms with Gasteiger partial charge in [-0.2, -0.15) is 0 Å². The zero-order valence-electron chi connectivity index (χ0n) is 15.7. The average Bonchev–Trinajstić information content (AvgIpc) is 2.65. The summed E-state index contributed by atoms with van der Waals surface area (Å²) in [6, 6.07) is 5.12. The first kappa shape index (κ1) is 20.9. The van der Waals surface area contributed by atoms with Crippen molar-refractivity contribution in [2.24, 2.45) is 5.73 Å². The Labute approximate surface area is 160 Å². The molecular formula is C19H22N2O7. The number of nitrogens with two attached hydrogens (primary N) is 1. The molecule has 0 radical (unpaired) electrons. The molecule has 0 saturated carbocycles. The van der Waals surface area contributed by atoms with E-state index in [1.54, 1.807) is 25.1 Å². The number of nitrogens with one attached hydrogen (secondary N) is 1. The van der Waals surface area contributed by atoms with Crippen LogP contribution in [0, 0.1) is 0 Å². The van der Waals surface area contributed by atoms with Gasteiger partial charge in [0.2, 0.25) is 11.8 Å². The van der Waals surface area contributed by atoms with Crippen LogP contribution in [0.1, 0.15) is 25.3 Å². The Bertz CT molecular complexity index is 936. The van der Waals surface area contributed by atoms with Crippen LogP contribution in [0.4, 0.5) is 0 Å². The van der Waals surface area contributed by atoms with Gasteiger partial charge in [-0.3, -0.25) is 14.4 Å². The van der Waals surface area contributed by atoms with Crippen LogP contribution in [0.5, 0.6) is 5.75 Å². The molecule has 0 aliphatic rings. The molecule has 2 amide bonds. The number of benzene rings is 1. The standard InChI is InChI=1S/C19H22N2O7/c1-3-27-17(23)7-6-16(22)21-14(19(20)25)8-11-9-18(24)28-15-10-12(26-2)4-5-13(11)15/h4-5,9-10,14H,3,6-8H2,1-2H3,(H2,20,25)(H,21,22)/t14-/m1/s1. The van der Waals surface area contributed by atoms with Crippen molar-refractivity contribution in [3.05, 3.63) is 40.2 Å². The maximum absolute atomic E-state index is 12.0. The molecule has 2 aromatic rings. The lowest BCUT2D eigenvalue weighted by Gasteiger charge is -2.16.